The van der Waals surface area contributed by atoms with Gasteiger partial charge >= 0.3 is 12.1 Å². The SMILES string of the molecule is Cc1c(-c2ccc(Cl)cc2F)c(C(=O)O)n(Cc2ccccc2)c1C(F)(F)F. The maximum Gasteiger partial charge on any atom is 0.431 e. The van der Waals surface area contributed by atoms with Crippen LogP contribution < -0.4 is 0 Å². The van der Waals surface area contributed by atoms with Crippen LogP contribution in [0.3, 0.4) is 0 Å². The lowest BCUT2D eigenvalue weighted by molar-refractivity contribution is -0.143. The van der Waals surface area contributed by atoms with Gasteiger partial charge in [0.2, 0.25) is 0 Å². The standard InChI is InChI=1S/C20H14ClF4NO2/c1-11-16(14-8-7-13(21)9-15(14)22)17(19(27)28)26(18(11)20(23,24)25)10-12-5-3-2-4-6-12/h2-9H,10H2,1H3,(H,27,28). The molecule has 1 N–H and O–H groups in total. The van der Waals surface area contributed by atoms with Crippen molar-refractivity contribution in [3.05, 3.63) is 81.9 Å². The van der Waals surface area contributed by atoms with Gasteiger partial charge in [0.05, 0.1) is 0 Å². The number of alkyl halides is 3. The van der Waals surface area contributed by atoms with Crippen molar-refractivity contribution in [1.29, 1.82) is 0 Å². The van der Waals surface area contributed by atoms with Crippen molar-refractivity contribution >= 4 is 17.6 Å². The Labute approximate surface area is 162 Å². The van der Waals surface area contributed by atoms with E-state index in [9.17, 15) is 27.5 Å². The Hall–Kier alpha value is -2.80. The van der Waals surface area contributed by atoms with Crippen molar-refractivity contribution in [1.82, 2.24) is 4.57 Å². The molecule has 146 valence electrons. The monoisotopic (exact) mass is 411 g/mol. The van der Waals surface area contributed by atoms with Gasteiger partial charge in [0, 0.05) is 22.7 Å². The fourth-order valence-electron chi connectivity index (χ4n) is 3.28. The van der Waals surface area contributed by atoms with Crippen molar-refractivity contribution in [3.8, 4) is 11.1 Å². The van der Waals surface area contributed by atoms with Crippen LogP contribution in [0, 0.1) is 12.7 Å². The first-order valence-corrected chi connectivity index (χ1v) is 8.52. The van der Waals surface area contributed by atoms with Crippen molar-refractivity contribution in [2.45, 2.75) is 19.6 Å². The average molecular weight is 412 g/mol. The Balaban J connectivity index is 2.36. The zero-order valence-electron chi connectivity index (χ0n) is 14.5. The van der Waals surface area contributed by atoms with Gasteiger partial charge in [-0.2, -0.15) is 13.2 Å². The van der Waals surface area contributed by atoms with Gasteiger partial charge in [-0.05, 0) is 36.2 Å². The van der Waals surface area contributed by atoms with Crippen molar-refractivity contribution in [3.63, 3.8) is 0 Å². The third kappa shape index (κ3) is 3.62. The molecule has 28 heavy (non-hydrogen) atoms. The number of benzene rings is 2. The van der Waals surface area contributed by atoms with Crippen LogP contribution in [0.1, 0.15) is 27.3 Å². The van der Waals surface area contributed by atoms with E-state index in [-0.39, 0.29) is 28.3 Å². The molecule has 3 rings (SSSR count). The van der Waals surface area contributed by atoms with Crippen molar-refractivity contribution in [2.75, 3.05) is 0 Å². The summed E-state index contributed by atoms with van der Waals surface area (Å²) < 4.78 is 56.6. The highest BCUT2D eigenvalue weighted by Crippen LogP contribution is 2.42. The summed E-state index contributed by atoms with van der Waals surface area (Å²) >= 11 is 5.72. The van der Waals surface area contributed by atoms with Crippen molar-refractivity contribution in [2.24, 2.45) is 0 Å². The predicted molar refractivity (Wildman–Crippen MR) is 97.1 cm³/mol. The number of aromatic nitrogens is 1. The fourth-order valence-corrected chi connectivity index (χ4v) is 3.44. The molecule has 0 fully saturated rings. The molecule has 0 spiro atoms. The fraction of sp³-hybridized carbons (Fsp3) is 0.150. The average Bonchev–Trinajstić information content (AvgIpc) is 2.88. The van der Waals surface area contributed by atoms with E-state index in [2.05, 4.69) is 0 Å². The second-order valence-electron chi connectivity index (χ2n) is 6.20. The molecule has 1 heterocycles. The molecule has 0 saturated carbocycles. The number of aromatic carboxylic acids is 1. The molecule has 0 amide bonds. The maximum absolute atomic E-state index is 14.5. The lowest BCUT2D eigenvalue weighted by Gasteiger charge is -2.15. The van der Waals surface area contributed by atoms with E-state index in [1.165, 1.54) is 12.1 Å². The molecule has 0 aliphatic heterocycles. The van der Waals surface area contributed by atoms with Gasteiger partial charge in [-0.15, -0.1) is 0 Å². The topological polar surface area (TPSA) is 42.2 Å². The van der Waals surface area contributed by atoms with E-state index >= 15 is 0 Å². The summed E-state index contributed by atoms with van der Waals surface area (Å²) in [6.45, 7) is 0.813. The third-order valence-electron chi connectivity index (χ3n) is 4.36. The highest BCUT2D eigenvalue weighted by Gasteiger charge is 2.41. The quantitative estimate of drug-likeness (QED) is 0.533. The summed E-state index contributed by atoms with van der Waals surface area (Å²) in [6.07, 6.45) is -4.83. The molecule has 0 aliphatic rings. The highest BCUT2D eigenvalue weighted by atomic mass is 35.5. The van der Waals surface area contributed by atoms with Gasteiger partial charge in [0.15, 0.2) is 0 Å². The van der Waals surface area contributed by atoms with Crippen LogP contribution in [0.25, 0.3) is 11.1 Å². The summed E-state index contributed by atoms with van der Waals surface area (Å²) in [7, 11) is 0. The lowest BCUT2D eigenvalue weighted by Crippen LogP contribution is -2.19. The lowest BCUT2D eigenvalue weighted by atomic mass is 10.00. The van der Waals surface area contributed by atoms with E-state index in [1.807, 2.05) is 0 Å². The van der Waals surface area contributed by atoms with E-state index < -0.39 is 29.4 Å². The Morgan fingerprint density at radius 3 is 2.32 bits per heavy atom. The zero-order chi connectivity index (χ0) is 20.6. The van der Waals surface area contributed by atoms with Gasteiger partial charge in [-0.25, -0.2) is 9.18 Å². The predicted octanol–water partition coefficient (Wildman–Crippen LogP) is 6.02. The number of halogens is 5. The molecule has 3 nitrogen and oxygen atoms in total. The van der Waals surface area contributed by atoms with Crippen LogP contribution in [0.5, 0.6) is 0 Å². The van der Waals surface area contributed by atoms with E-state index in [4.69, 9.17) is 11.6 Å². The molecule has 0 unspecified atom stereocenters. The maximum atomic E-state index is 14.5. The van der Waals surface area contributed by atoms with Crippen LogP contribution in [0.4, 0.5) is 17.6 Å². The van der Waals surface area contributed by atoms with Crippen LogP contribution in [-0.2, 0) is 12.7 Å². The first-order chi connectivity index (χ1) is 13.1. The number of rotatable bonds is 4. The molecular formula is C20H14ClF4NO2. The summed E-state index contributed by atoms with van der Waals surface area (Å²) in [6, 6.07) is 11.6. The molecule has 0 saturated heterocycles. The summed E-state index contributed by atoms with van der Waals surface area (Å²) in [5.74, 6) is -2.48. The van der Waals surface area contributed by atoms with Gasteiger partial charge < -0.3 is 9.67 Å². The minimum atomic E-state index is -4.83. The second kappa shape index (κ2) is 7.31. The first kappa shape index (κ1) is 19.9. The summed E-state index contributed by atoms with van der Waals surface area (Å²) in [5.41, 5.74) is -2.20. The number of nitrogens with zero attached hydrogens (tertiary/aromatic N) is 1. The number of hydrogen-bond donors (Lipinski definition) is 1. The molecule has 0 atom stereocenters. The smallest absolute Gasteiger partial charge is 0.431 e. The number of carboxylic acids is 1. The molecule has 0 aliphatic carbocycles. The second-order valence-corrected chi connectivity index (χ2v) is 6.63. The molecule has 2 aromatic carbocycles. The largest absolute Gasteiger partial charge is 0.477 e. The molecule has 0 bridgehead atoms. The minimum absolute atomic E-state index is 0.0514. The minimum Gasteiger partial charge on any atom is -0.477 e. The van der Waals surface area contributed by atoms with E-state index in [0.29, 0.717) is 10.1 Å². The Bertz CT molecular complexity index is 1040. The zero-order valence-corrected chi connectivity index (χ0v) is 15.3. The number of carbonyl (C=O) groups is 1. The van der Waals surface area contributed by atoms with Crippen LogP contribution in [0.2, 0.25) is 5.02 Å². The highest BCUT2D eigenvalue weighted by molar-refractivity contribution is 6.30. The number of carboxylic acid groups (broad SMARTS) is 1. The normalized spacial score (nSPS) is 11.6. The van der Waals surface area contributed by atoms with E-state index in [1.54, 1.807) is 30.3 Å². The third-order valence-corrected chi connectivity index (χ3v) is 4.60. The Morgan fingerprint density at radius 1 is 1.14 bits per heavy atom. The van der Waals surface area contributed by atoms with E-state index in [0.717, 1.165) is 13.0 Å². The van der Waals surface area contributed by atoms with Gasteiger partial charge in [0.1, 0.15) is 17.2 Å². The van der Waals surface area contributed by atoms with Crippen LogP contribution >= 0.6 is 11.6 Å². The van der Waals surface area contributed by atoms with Crippen molar-refractivity contribution < 1.29 is 27.5 Å². The van der Waals surface area contributed by atoms with Crippen LogP contribution in [-0.4, -0.2) is 15.6 Å². The van der Waals surface area contributed by atoms with Crippen LogP contribution in [0.15, 0.2) is 48.5 Å². The van der Waals surface area contributed by atoms with Gasteiger partial charge in [-0.3, -0.25) is 0 Å². The number of hydrogen-bond acceptors (Lipinski definition) is 1. The molecule has 1 aromatic heterocycles. The Morgan fingerprint density at radius 2 is 1.79 bits per heavy atom. The summed E-state index contributed by atoms with van der Waals surface area (Å²) in [5, 5.41) is 9.75. The van der Waals surface area contributed by atoms with Gasteiger partial charge in [-0.1, -0.05) is 41.9 Å². The molecule has 0 radical (unpaired) electrons. The summed E-state index contributed by atoms with van der Waals surface area (Å²) in [4.78, 5) is 11.9. The van der Waals surface area contributed by atoms with Gasteiger partial charge in [0.25, 0.3) is 0 Å². The Kier molecular flexibility index (Phi) is 5.21. The molecular weight excluding hydrogens is 398 g/mol. The molecule has 8 heteroatoms. The molecule has 3 aromatic rings. The first-order valence-electron chi connectivity index (χ1n) is 8.14.